The van der Waals surface area contributed by atoms with Gasteiger partial charge in [-0.2, -0.15) is 5.26 Å². The first kappa shape index (κ1) is 18.8. The van der Waals surface area contributed by atoms with Crippen LogP contribution < -0.4 is 9.47 Å². The van der Waals surface area contributed by atoms with Crippen molar-refractivity contribution < 1.29 is 19.3 Å². The molecule has 148 valence electrons. The molecule has 1 atom stereocenters. The number of nitriles is 1. The molecule has 0 spiro atoms. The number of allylic oxidation sites excluding steroid dienone is 1. The number of methoxy groups -OCH3 is 1. The molecular weight excluding hydrogens is 370 g/mol. The predicted octanol–water partition coefficient (Wildman–Crippen LogP) is 3.02. The maximum Gasteiger partial charge on any atom is 0.235 e. The fourth-order valence-corrected chi connectivity index (χ4v) is 3.47. The Morgan fingerprint density at radius 3 is 2.66 bits per heavy atom. The number of fused-ring (bicyclic) bond motifs is 1. The number of morpholine rings is 1. The van der Waals surface area contributed by atoms with Gasteiger partial charge in [0.05, 0.1) is 32.6 Å². The van der Waals surface area contributed by atoms with Crippen LogP contribution in [0.25, 0.3) is 0 Å². The summed E-state index contributed by atoms with van der Waals surface area (Å²) in [4.78, 5) is 6.49. The van der Waals surface area contributed by atoms with E-state index in [1.165, 1.54) is 0 Å². The lowest BCUT2D eigenvalue weighted by Crippen LogP contribution is -2.35. The van der Waals surface area contributed by atoms with Gasteiger partial charge in [-0.3, -0.25) is 0 Å². The minimum atomic E-state index is -0.355. The minimum Gasteiger partial charge on any atom is -0.508 e. The van der Waals surface area contributed by atoms with Gasteiger partial charge < -0.3 is 24.2 Å². The van der Waals surface area contributed by atoms with Gasteiger partial charge in [-0.1, -0.05) is 18.2 Å². The molecule has 0 radical (unpaired) electrons. The number of phenols is 1. The second kappa shape index (κ2) is 8.25. The highest BCUT2D eigenvalue weighted by Gasteiger charge is 2.32. The monoisotopic (exact) mass is 391 g/mol. The molecule has 7 heteroatoms. The summed E-state index contributed by atoms with van der Waals surface area (Å²) < 4.78 is 16.5. The largest absolute Gasteiger partial charge is 0.508 e. The molecule has 0 aliphatic carbocycles. The van der Waals surface area contributed by atoms with Crippen LogP contribution in [0.2, 0.25) is 0 Å². The first-order chi connectivity index (χ1) is 14.2. The van der Waals surface area contributed by atoms with Crippen molar-refractivity contribution in [2.45, 2.75) is 5.92 Å². The van der Waals surface area contributed by atoms with Gasteiger partial charge in [0.1, 0.15) is 28.9 Å². The molecule has 1 N–H and O–H groups in total. The van der Waals surface area contributed by atoms with Crippen molar-refractivity contribution in [2.75, 3.05) is 33.4 Å². The van der Waals surface area contributed by atoms with Gasteiger partial charge in [-0.25, -0.2) is 4.99 Å². The Balaban J connectivity index is 1.77. The van der Waals surface area contributed by atoms with E-state index in [0.29, 0.717) is 24.5 Å². The molecule has 1 fully saturated rings. The molecule has 2 aliphatic heterocycles. The number of rotatable bonds is 4. The number of phenolic OH excluding ortho intramolecular Hbond substituents is 1. The molecule has 0 amide bonds. The Labute approximate surface area is 169 Å². The van der Waals surface area contributed by atoms with Crippen molar-refractivity contribution in [1.29, 1.82) is 5.26 Å². The van der Waals surface area contributed by atoms with E-state index < -0.39 is 0 Å². The zero-order chi connectivity index (χ0) is 20.2. The maximum atomic E-state index is 9.94. The average Bonchev–Trinajstić information content (AvgIpc) is 2.77. The molecule has 2 aromatic rings. The van der Waals surface area contributed by atoms with Gasteiger partial charge in [0.2, 0.25) is 5.88 Å². The highest BCUT2D eigenvalue weighted by Crippen LogP contribution is 2.44. The van der Waals surface area contributed by atoms with Crippen LogP contribution in [0.3, 0.4) is 0 Å². The van der Waals surface area contributed by atoms with E-state index in [1.807, 2.05) is 29.2 Å². The van der Waals surface area contributed by atoms with Crippen molar-refractivity contribution in [3.8, 4) is 23.3 Å². The Hall–Kier alpha value is -3.50. The molecule has 2 heterocycles. The van der Waals surface area contributed by atoms with Crippen LogP contribution in [0.15, 0.2) is 58.9 Å². The van der Waals surface area contributed by atoms with E-state index in [-0.39, 0.29) is 17.6 Å². The second-order valence-corrected chi connectivity index (χ2v) is 6.75. The lowest BCUT2D eigenvalue weighted by atomic mass is 9.83. The lowest BCUT2D eigenvalue weighted by molar-refractivity contribution is 0.0699. The third kappa shape index (κ3) is 3.89. The summed E-state index contributed by atoms with van der Waals surface area (Å²) in [5, 5.41) is 19.9. The van der Waals surface area contributed by atoms with Crippen molar-refractivity contribution in [1.82, 2.24) is 4.90 Å². The number of hydrogen-bond donors (Lipinski definition) is 1. The van der Waals surface area contributed by atoms with Crippen LogP contribution in [0.4, 0.5) is 0 Å². The van der Waals surface area contributed by atoms with E-state index in [1.54, 1.807) is 31.6 Å². The van der Waals surface area contributed by atoms with E-state index in [0.717, 1.165) is 30.0 Å². The van der Waals surface area contributed by atoms with Gasteiger partial charge in [-0.15, -0.1) is 0 Å². The predicted molar refractivity (Wildman–Crippen MR) is 107 cm³/mol. The number of ether oxygens (including phenoxy) is 3. The van der Waals surface area contributed by atoms with Gasteiger partial charge in [0.25, 0.3) is 0 Å². The van der Waals surface area contributed by atoms with E-state index >= 15 is 0 Å². The second-order valence-electron chi connectivity index (χ2n) is 6.75. The zero-order valence-electron chi connectivity index (χ0n) is 16.0. The minimum absolute atomic E-state index is 0.0918. The molecular formula is C22H21N3O4. The summed E-state index contributed by atoms with van der Waals surface area (Å²) >= 11 is 0. The van der Waals surface area contributed by atoms with Gasteiger partial charge in [0, 0.05) is 24.7 Å². The first-order valence-corrected chi connectivity index (χ1v) is 9.34. The number of aromatic hydroxyl groups is 1. The third-order valence-electron chi connectivity index (χ3n) is 4.99. The van der Waals surface area contributed by atoms with Crippen LogP contribution in [-0.4, -0.2) is 49.8 Å². The summed E-state index contributed by atoms with van der Waals surface area (Å²) in [7, 11) is 1.61. The van der Waals surface area contributed by atoms with E-state index in [9.17, 15) is 10.4 Å². The summed E-state index contributed by atoms with van der Waals surface area (Å²) in [6, 6.07) is 14.8. The molecule has 0 bridgehead atoms. The van der Waals surface area contributed by atoms with Gasteiger partial charge in [0.15, 0.2) is 0 Å². The fourth-order valence-electron chi connectivity index (χ4n) is 3.47. The summed E-state index contributed by atoms with van der Waals surface area (Å²) in [5.41, 5.74) is 2.13. The summed E-state index contributed by atoms with van der Waals surface area (Å²) in [5.74, 6) is 1.19. The van der Waals surface area contributed by atoms with Crippen LogP contribution >= 0.6 is 0 Å². The molecule has 0 unspecified atom stereocenters. The molecule has 7 nitrogen and oxygen atoms in total. The fraction of sp³-hybridized carbons (Fsp3) is 0.273. The quantitative estimate of drug-likeness (QED) is 0.637. The average molecular weight is 391 g/mol. The van der Waals surface area contributed by atoms with Crippen LogP contribution in [-0.2, 0) is 4.74 Å². The highest BCUT2D eigenvalue weighted by atomic mass is 16.5. The van der Waals surface area contributed by atoms with Crippen molar-refractivity contribution in [3.05, 3.63) is 65.0 Å². The van der Waals surface area contributed by atoms with Gasteiger partial charge in [-0.05, 0) is 23.8 Å². The Bertz CT molecular complexity index is 986. The molecule has 0 saturated carbocycles. The topological polar surface area (TPSA) is 87.3 Å². The molecule has 0 aromatic heterocycles. The van der Waals surface area contributed by atoms with Crippen molar-refractivity contribution in [2.24, 2.45) is 4.99 Å². The molecule has 1 saturated heterocycles. The van der Waals surface area contributed by atoms with Crippen molar-refractivity contribution in [3.63, 3.8) is 0 Å². The van der Waals surface area contributed by atoms with Crippen molar-refractivity contribution >= 4 is 6.34 Å². The number of hydrogen-bond acceptors (Lipinski definition) is 6. The molecule has 2 aromatic carbocycles. The summed E-state index contributed by atoms with van der Waals surface area (Å²) in [6.07, 6.45) is 1.69. The standard InChI is InChI=1S/C22H21N3O4/c1-27-17-5-2-15(3-6-17)21-18-7-4-16(26)12-20(18)29-22(19(21)13-23)24-14-25-8-10-28-11-9-25/h2-7,12,14,21,26H,8-11H2,1H3/t21-/m0/s1. The molecule has 29 heavy (non-hydrogen) atoms. The van der Waals surface area contributed by atoms with E-state index in [2.05, 4.69) is 11.1 Å². The lowest BCUT2D eigenvalue weighted by Gasteiger charge is -2.27. The Morgan fingerprint density at radius 2 is 1.97 bits per heavy atom. The van der Waals surface area contributed by atoms with Gasteiger partial charge >= 0.3 is 0 Å². The van der Waals surface area contributed by atoms with Crippen LogP contribution in [0.5, 0.6) is 17.2 Å². The van der Waals surface area contributed by atoms with E-state index in [4.69, 9.17) is 14.2 Å². The summed E-state index contributed by atoms with van der Waals surface area (Å²) in [6.45, 7) is 2.75. The molecule has 4 rings (SSSR count). The highest BCUT2D eigenvalue weighted by molar-refractivity contribution is 5.61. The Morgan fingerprint density at radius 1 is 1.21 bits per heavy atom. The smallest absolute Gasteiger partial charge is 0.235 e. The zero-order valence-corrected chi connectivity index (χ0v) is 16.0. The van der Waals surface area contributed by atoms with Crippen LogP contribution in [0.1, 0.15) is 17.0 Å². The maximum absolute atomic E-state index is 9.94. The normalized spacial score (nSPS) is 18.9. The number of nitrogens with zero attached hydrogens (tertiary/aromatic N) is 3. The first-order valence-electron chi connectivity index (χ1n) is 9.34. The van der Waals surface area contributed by atoms with Crippen LogP contribution in [0, 0.1) is 11.3 Å². The Kier molecular flexibility index (Phi) is 5.36. The SMILES string of the molecule is COc1ccc([C@@H]2C(C#N)=C(N=CN3CCOCC3)Oc3cc(O)ccc32)cc1. The number of benzene rings is 2. The number of aliphatic imine (C=N–C) groups is 1. The molecule has 2 aliphatic rings. The third-order valence-corrected chi connectivity index (χ3v) is 4.99.